The molecule has 0 rings (SSSR count). The molecule has 0 aromatic heterocycles. The van der Waals surface area contributed by atoms with Crippen molar-refractivity contribution in [2.45, 2.75) is 19.8 Å². The van der Waals surface area contributed by atoms with Crippen molar-refractivity contribution in [3.63, 3.8) is 0 Å². The van der Waals surface area contributed by atoms with E-state index < -0.39 is 6.65 Å². The van der Waals surface area contributed by atoms with E-state index in [0.717, 1.165) is 12.8 Å². The molecule has 0 fully saturated rings. The zero-order valence-electron chi connectivity index (χ0n) is 8.39. The first-order valence-corrected chi connectivity index (χ1v) is 8.56. The molecule has 0 aliphatic heterocycles. The Morgan fingerprint density at radius 2 is 1.71 bits per heavy atom. The van der Waals surface area contributed by atoms with E-state index in [1.807, 2.05) is 6.92 Å². The van der Waals surface area contributed by atoms with Crippen molar-refractivity contribution in [2.24, 2.45) is 0 Å². The van der Waals surface area contributed by atoms with Crippen LogP contribution in [0.3, 0.4) is 0 Å². The molecule has 0 aromatic rings. The van der Waals surface area contributed by atoms with Crippen LogP contribution in [0, 0.1) is 0 Å². The summed E-state index contributed by atoms with van der Waals surface area (Å²) in [5.74, 6) is 0.861. The van der Waals surface area contributed by atoms with Crippen molar-refractivity contribution in [2.75, 3.05) is 31.0 Å². The summed E-state index contributed by atoms with van der Waals surface area (Å²) < 4.78 is 13.7. The molecule has 0 unspecified atom stereocenters. The zero-order chi connectivity index (χ0) is 11.0. The van der Waals surface area contributed by atoms with Crippen molar-refractivity contribution in [3.8, 4) is 0 Å². The third kappa shape index (κ3) is 5.82. The first-order chi connectivity index (χ1) is 6.58. The maximum Gasteiger partial charge on any atom is 0.234 e. The van der Waals surface area contributed by atoms with Crippen molar-refractivity contribution in [1.82, 2.24) is 4.67 Å². The lowest BCUT2D eigenvalue weighted by molar-refractivity contribution is 0.456. The Kier molecular flexibility index (Phi) is 8.86. The summed E-state index contributed by atoms with van der Waals surface area (Å²) in [6.45, 7) is 0.411. The van der Waals surface area contributed by atoms with E-state index in [9.17, 15) is 4.57 Å². The van der Waals surface area contributed by atoms with E-state index in [1.165, 1.54) is 0 Å². The van der Waals surface area contributed by atoms with Crippen LogP contribution in [0.15, 0.2) is 0 Å². The van der Waals surface area contributed by atoms with Gasteiger partial charge in [0.15, 0.2) is 0 Å². The molecule has 0 radical (unpaired) electrons. The second-order valence-corrected chi connectivity index (χ2v) is 7.61. The van der Waals surface area contributed by atoms with Gasteiger partial charge < -0.3 is 0 Å². The van der Waals surface area contributed by atoms with Gasteiger partial charge in [-0.2, -0.15) is 0 Å². The Hall–Kier alpha value is 1.06. The lowest BCUT2D eigenvalue weighted by Crippen LogP contribution is -2.24. The van der Waals surface area contributed by atoms with E-state index in [-0.39, 0.29) is 0 Å². The highest BCUT2D eigenvalue weighted by Gasteiger charge is 2.26. The molecule has 0 bridgehead atoms. The van der Waals surface area contributed by atoms with E-state index >= 15 is 0 Å². The second-order valence-electron chi connectivity index (χ2n) is 3.03. The molecule has 0 aromatic carbocycles. The standard InChI is InChI=1S/C8H17Cl3NOP/c1-2-3-8-14(11,13)12(6-4-9)7-5-10/h2-8H2,1H3/t14-/m0/s1. The summed E-state index contributed by atoms with van der Waals surface area (Å²) in [6.07, 6.45) is 2.41. The van der Waals surface area contributed by atoms with E-state index in [1.54, 1.807) is 4.67 Å². The number of halogens is 3. The number of rotatable bonds is 8. The van der Waals surface area contributed by atoms with Gasteiger partial charge in [-0.15, -0.1) is 23.2 Å². The van der Waals surface area contributed by atoms with Gasteiger partial charge in [-0.3, -0.25) is 4.57 Å². The SMILES string of the molecule is CCCC[P@](=O)(Cl)N(CCCl)CCCl. The van der Waals surface area contributed by atoms with E-state index in [0.29, 0.717) is 31.0 Å². The smallest absolute Gasteiger partial charge is 0.234 e. The van der Waals surface area contributed by atoms with Gasteiger partial charge in [0.1, 0.15) is 0 Å². The molecule has 0 amide bonds. The monoisotopic (exact) mass is 279 g/mol. The fourth-order valence-corrected chi connectivity index (χ4v) is 4.34. The predicted molar refractivity (Wildman–Crippen MR) is 66.2 cm³/mol. The minimum Gasteiger partial charge on any atom is -0.289 e. The minimum atomic E-state index is -2.72. The number of unbranched alkanes of at least 4 members (excludes halogenated alkanes) is 1. The molecule has 0 heterocycles. The summed E-state index contributed by atoms with van der Waals surface area (Å²) >= 11 is 17.2. The van der Waals surface area contributed by atoms with Gasteiger partial charge in [-0.1, -0.05) is 13.3 Å². The van der Waals surface area contributed by atoms with Crippen LogP contribution in [0.5, 0.6) is 0 Å². The summed E-state index contributed by atoms with van der Waals surface area (Å²) in [5, 5.41) is 0. The van der Waals surface area contributed by atoms with Crippen LogP contribution in [-0.4, -0.2) is 35.7 Å². The predicted octanol–water partition coefficient (Wildman–Crippen LogP) is 4.00. The molecule has 1 atom stereocenters. The molecule has 0 aliphatic carbocycles. The molecule has 86 valence electrons. The maximum atomic E-state index is 12.0. The van der Waals surface area contributed by atoms with Crippen LogP contribution < -0.4 is 0 Å². The quantitative estimate of drug-likeness (QED) is 0.495. The second kappa shape index (κ2) is 8.24. The first kappa shape index (κ1) is 15.1. The fourth-order valence-electron chi connectivity index (χ4n) is 1.10. The molecule has 14 heavy (non-hydrogen) atoms. The van der Waals surface area contributed by atoms with Crippen molar-refractivity contribution < 1.29 is 4.57 Å². The number of hydrogen-bond acceptors (Lipinski definition) is 1. The van der Waals surface area contributed by atoms with Crippen LogP contribution in [0.4, 0.5) is 0 Å². The van der Waals surface area contributed by atoms with Gasteiger partial charge in [0.25, 0.3) is 0 Å². The Morgan fingerprint density at radius 3 is 2.07 bits per heavy atom. The highest BCUT2D eigenvalue weighted by molar-refractivity contribution is 7.87. The first-order valence-electron chi connectivity index (χ1n) is 4.74. The third-order valence-corrected chi connectivity index (χ3v) is 5.49. The topological polar surface area (TPSA) is 20.3 Å². The van der Waals surface area contributed by atoms with Gasteiger partial charge in [0.2, 0.25) is 6.65 Å². The molecule has 2 nitrogen and oxygen atoms in total. The molecule has 0 aliphatic rings. The summed E-state index contributed by atoms with van der Waals surface area (Å²) in [7, 11) is 0. The zero-order valence-corrected chi connectivity index (χ0v) is 11.5. The minimum absolute atomic E-state index is 0.430. The molecule has 0 spiro atoms. The third-order valence-electron chi connectivity index (χ3n) is 1.90. The highest BCUT2D eigenvalue weighted by Crippen LogP contribution is 2.55. The Bertz CT molecular complexity index is 185. The average Bonchev–Trinajstić information content (AvgIpc) is 2.14. The summed E-state index contributed by atoms with van der Waals surface area (Å²) in [4.78, 5) is 0. The Balaban J connectivity index is 4.21. The van der Waals surface area contributed by atoms with Crippen LogP contribution >= 0.6 is 41.1 Å². The van der Waals surface area contributed by atoms with Gasteiger partial charge in [0.05, 0.1) is 0 Å². The molecular formula is C8H17Cl3NOP. The van der Waals surface area contributed by atoms with Crippen molar-refractivity contribution >= 4 is 41.1 Å². The van der Waals surface area contributed by atoms with E-state index in [2.05, 4.69) is 0 Å². The van der Waals surface area contributed by atoms with Gasteiger partial charge in [-0.05, 0) is 17.7 Å². The van der Waals surface area contributed by atoms with Gasteiger partial charge in [0, 0.05) is 31.0 Å². The lowest BCUT2D eigenvalue weighted by Gasteiger charge is -2.25. The van der Waals surface area contributed by atoms with Crippen LogP contribution in [0.1, 0.15) is 19.8 Å². The molecule has 6 heteroatoms. The Morgan fingerprint density at radius 1 is 1.21 bits per heavy atom. The average molecular weight is 281 g/mol. The van der Waals surface area contributed by atoms with Gasteiger partial charge >= 0.3 is 0 Å². The fraction of sp³-hybridized carbons (Fsp3) is 1.00. The van der Waals surface area contributed by atoms with Crippen molar-refractivity contribution in [3.05, 3.63) is 0 Å². The highest BCUT2D eigenvalue weighted by atomic mass is 35.7. The maximum absolute atomic E-state index is 12.0. The van der Waals surface area contributed by atoms with Crippen molar-refractivity contribution in [1.29, 1.82) is 0 Å². The van der Waals surface area contributed by atoms with Crippen LogP contribution in [0.2, 0.25) is 0 Å². The van der Waals surface area contributed by atoms with Gasteiger partial charge in [-0.25, -0.2) is 4.67 Å². The van der Waals surface area contributed by atoms with E-state index in [4.69, 9.17) is 34.4 Å². The summed E-state index contributed by atoms with van der Waals surface area (Å²) in [6, 6.07) is 0. The van der Waals surface area contributed by atoms with Crippen LogP contribution in [0.25, 0.3) is 0 Å². The number of nitrogens with zero attached hydrogens (tertiary/aromatic N) is 1. The van der Waals surface area contributed by atoms with Crippen LogP contribution in [-0.2, 0) is 4.57 Å². The lowest BCUT2D eigenvalue weighted by atomic mass is 10.4. The largest absolute Gasteiger partial charge is 0.289 e. The Labute approximate surface area is 101 Å². The molecule has 0 N–H and O–H groups in total. The molecule has 0 saturated carbocycles. The summed E-state index contributed by atoms with van der Waals surface area (Å²) in [5.41, 5.74) is 0. The number of alkyl halides is 2. The normalized spacial score (nSPS) is 15.8. The molecule has 0 saturated heterocycles. The molecular weight excluding hydrogens is 263 g/mol. The number of hydrogen-bond donors (Lipinski definition) is 0.